The van der Waals surface area contributed by atoms with E-state index in [9.17, 15) is 5.11 Å². The van der Waals surface area contributed by atoms with Gasteiger partial charge in [0.1, 0.15) is 11.5 Å². The summed E-state index contributed by atoms with van der Waals surface area (Å²) in [5.74, 6) is 3.44. The molecule has 0 amide bonds. The normalized spacial score (nSPS) is 24.6. The van der Waals surface area contributed by atoms with Crippen LogP contribution >= 0.6 is 11.3 Å². The van der Waals surface area contributed by atoms with Gasteiger partial charge < -0.3 is 14.8 Å². The lowest BCUT2D eigenvalue weighted by Gasteiger charge is -2.22. The molecule has 3 unspecified atom stereocenters. The highest BCUT2D eigenvalue weighted by Crippen LogP contribution is 2.47. The number of rotatable bonds is 6. The summed E-state index contributed by atoms with van der Waals surface area (Å²) < 4.78 is 5.84. The third kappa shape index (κ3) is 2.97. The first-order valence-corrected chi connectivity index (χ1v) is 8.05. The second-order valence-corrected chi connectivity index (χ2v) is 6.79. The average Bonchev–Trinajstić information content (AvgIpc) is 2.90. The minimum atomic E-state index is -0.833. The SMILES string of the molecule is CC1CC1c1ccc(CNCC(C)(O)c2ccsc2)o1. The van der Waals surface area contributed by atoms with E-state index in [1.54, 1.807) is 11.3 Å². The number of hydrogen-bond donors (Lipinski definition) is 2. The van der Waals surface area contributed by atoms with Gasteiger partial charge in [-0.25, -0.2) is 0 Å². The largest absolute Gasteiger partial charge is 0.464 e. The smallest absolute Gasteiger partial charge is 0.117 e. The number of hydrogen-bond acceptors (Lipinski definition) is 4. The number of thiophene rings is 1. The van der Waals surface area contributed by atoms with Crippen LogP contribution in [0.5, 0.6) is 0 Å². The van der Waals surface area contributed by atoms with Crippen molar-refractivity contribution in [1.29, 1.82) is 0 Å². The summed E-state index contributed by atoms with van der Waals surface area (Å²) in [6, 6.07) is 6.08. The Morgan fingerprint density at radius 1 is 1.45 bits per heavy atom. The van der Waals surface area contributed by atoms with Gasteiger partial charge in [0.15, 0.2) is 0 Å². The Hall–Kier alpha value is -1.10. The van der Waals surface area contributed by atoms with Gasteiger partial charge in [-0.1, -0.05) is 6.92 Å². The summed E-state index contributed by atoms with van der Waals surface area (Å²) in [5, 5.41) is 17.7. The van der Waals surface area contributed by atoms with Crippen molar-refractivity contribution in [3.8, 4) is 0 Å². The van der Waals surface area contributed by atoms with E-state index in [2.05, 4.69) is 18.3 Å². The van der Waals surface area contributed by atoms with E-state index in [0.29, 0.717) is 19.0 Å². The van der Waals surface area contributed by atoms with Gasteiger partial charge in [0.25, 0.3) is 0 Å². The molecule has 2 N–H and O–H groups in total. The maximum Gasteiger partial charge on any atom is 0.117 e. The minimum Gasteiger partial charge on any atom is -0.464 e. The molecule has 3 rings (SSSR count). The Bertz CT molecular complexity index is 559. The Morgan fingerprint density at radius 3 is 2.90 bits per heavy atom. The molecular formula is C16H21NO2S. The zero-order chi connectivity index (χ0) is 14.2. The van der Waals surface area contributed by atoms with E-state index in [0.717, 1.165) is 23.0 Å². The summed E-state index contributed by atoms with van der Waals surface area (Å²) in [7, 11) is 0. The fourth-order valence-corrected chi connectivity index (χ4v) is 3.29. The van der Waals surface area contributed by atoms with Crippen LogP contribution in [0.15, 0.2) is 33.4 Å². The van der Waals surface area contributed by atoms with Gasteiger partial charge in [0.05, 0.1) is 12.1 Å². The highest BCUT2D eigenvalue weighted by molar-refractivity contribution is 7.08. The molecule has 4 heteroatoms. The highest BCUT2D eigenvalue weighted by atomic mass is 32.1. The zero-order valence-electron chi connectivity index (χ0n) is 11.9. The topological polar surface area (TPSA) is 45.4 Å². The zero-order valence-corrected chi connectivity index (χ0v) is 12.7. The molecule has 108 valence electrons. The van der Waals surface area contributed by atoms with Crippen molar-refractivity contribution in [3.05, 3.63) is 46.0 Å². The van der Waals surface area contributed by atoms with E-state index in [1.807, 2.05) is 29.8 Å². The first-order valence-electron chi connectivity index (χ1n) is 7.10. The highest BCUT2D eigenvalue weighted by Gasteiger charge is 2.36. The van der Waals surface area contributed by atoms with Crippen molar-refractivity contribution >= 4 is 11.3 Å². The standard InChI is InChI=1S/C16H21NO2S/c1-11-7-14(11)15-4-3-13(19-15)8-17-10-16(2,18)12-5-6-20-9-12/h3-6,9,11,14,17-18H,7-8,10H2,1-2H3. The van der Waals surface area contributed by atoms with Gasteiger partial charge >= 0.3 is 0 Å². The molecule has 1 aliphatic carbocycles. The summed E-state index contributed by atoms with van der Waals surface area (Å²) in [4.78, 5) is 0. The van der Waals surface area contributed by atoms with Crippen molar-refractivity contribution in [1.82, 2.24) is 5.32 Å². The van der Waals surface area contributed by atoms with Crippen LogP contribution in [0.25, 0.3) is 0 Å². The predicted molar refractivity (Wildman–Crippen MR) is 80.8 cm³/mol. The van der Waals surface area contributed by atoms with Gasteiger partial charge in [-0.2, -0.15) is 11.3 Å². The van der Waals surface area contributed by atoms with Gasteiger partial charge in [0.2, 0.25) is 0 Å². The minimum absolute atomic E-state index is 0.513. The molecule has 1 aliphatic rings. The lowest BCUT2D eigenvalue weighted by atomic mass is 9.99. The molecule has 0 aromatic carbocycles. The first-order chi connectivity index (χ1) is 9.56. The third-order valence-corrected chi connectivity index (χ3v) is 4.75. The number of nitrogens with one attached hydrogen (secondary N) is 1. The maximum absolute atomic E-state index is 10.4. The molecule has 0 saturated heterocycles. The average molecular weight is 291 g/mol. The molecule has 3 nitrogen and oxygen atoms in total. The van der Waals surface area contributed by atoms with Gasteiger partial charge in [-0.3, -0.25) is 0 Å². The Kier molecular flexibility index (Phi) is 3.71. The van der Waals surface area contributed by atoms with E-state index in [-0.39, 0.29) is 0 Å². The number of furan rings is 1. The van der Waals surface area contributed by atoms with Gasteiger partial charge in [0, 0.05) is 12.5 Å². The fourth-order valence-electron chi connectivity index (χ4n) is 2.51. The number of aliphatic hydroxyl groups is 1. The molecule has 1 fully saturated rings. The van der Waals surface area contributed by atoms with Crippen LogP contribution in [-0.4, -0.2) is 11.7 Å². The summed E-state index contributed by atoms with van der Waals surface area (Å²) in [6.45, 7) is 5.26. The van der Waals surface area contributed by atoms with Crippen molar-refractivity contribution in [3.63, 3.8) is 0 Å². The molecular weight excluding hydrogens is 270 g/mol. The Balaban J connectivity index is 1.51. The lowest BCUT2D eigenvalue weighted by Crippen LogP contribution is -2.34. The van der Waals surface area contributed by atoms with E-state index < -0.39 is 5.60 Å². The summed E-state index contributed by atoms with van der Waals surface area (Å²) in [6.07, 6.45) is 1.24. The quantitative estimate of drug-likeness (QED) is 0.856. The van der Waals surface area contributed by atoms with E-state index in [4.69, 9.17) is 4.42 Å². The van der Waals surface area contributed by atoms with E-state index in [1.165, 1.54) is 6.42 Å². The molecule has 0 radical (unpaired) electrons. The molecule has 2 aromatic rings. The molecule has 0 spiro atoms. The van der Waals surface area contributed by atoms with Crippen LogP contribution in [0.3, 0.4) is 0 Å². The summed E-state index contributed by atoms with van der Waals surface area (Å²) >= 11 is 1.60. The van der Waals surface area contributed by atoms with Gasteiger partial charge in [-0.05, 0) is 53.8 Å². The van der Waals surface area contributed by atoms with Crippen LogP contribution in [0.1, 0.15) is 43.3 Å². The second-order valence-electron chi connectivity index (χ2n) is 6.01. The fraction of sp³-hybridized carbons (Fsp3) is 0.500. The monoisotopic (exact) mass is 291 g/mol. The first kappa shape index (κ1) is 13.9. The molecule has 0 bridgehead atoms. The van der Waals surface area contributed by atoms with Crippen LogP contribution in [0.4, 0.5) is 0 Å². The van der Waals surface area contributed by atoms with E-state index >= 15 is 0 Å². The second kappa shape index (κ2) is 5.35. The molecule has 3 atom stereocenters. The Labute approximate surface area is 123 Å². The lowest BCUT2D eigenvalue weighted by molar-refractivity contribution is 0.0566. The van der Waals surface area contributed by atoms with Crippen molar-refractivity contribution < 1.29 is 9.52 Å². The van der Waals surface area contributed by atoms with Crippen molar-refractivity contribution in [2.24, 2.45) is 5.92 Å². The maximum atomic E-state index is 10.4. The summed E-state index contributed by atoms with van der Waals surface area (Å²) in [5.41, 5.74) is 0.127. The van der Waals surface area contributed by atoms with Crippen LogP contribution in [0, 0.1) is 5.92 Å². The molecule has 1 saturated carbocycles. The predicted octanol–water partition coefficient (Wildman–Crippen LogP) is 3.46. The van der Waals surface area contributed by atoms with Crippen molar-refractivity contribution in [2.45, 2.75) is 38.3 Å². The van der Waals surface area contributed by atoms with Crippen LogP contribution in [0.2, 0.25) is 0 Å². The third-order valence-electron chi connectivity index (χ3n) is 4.07. The van der Waals surface area contributed by atoms with Crippen LogP contribution < -0.4 is 5.32 Å². The molecule has 2 aromatic heterocycles. The van der Waals surface area contributed by atoms with Crippen molar-refractivity contribution in [2.75, 3.05) is 6.54 Å². The van der Waals surface area contributed by atoms with Gasteiger partial charge in [-0.15, -0.1) is 0 Å². The molecule has 20 heavy (non-hydrogen) atoms. The Morgan fingerprint density at radius 2 is 2.25 bits per heavy atom. The molecule has 2 heterocycles. The van der Waals surface area contributed by atoms with Crippen LogP contribution in [-0.2, 0) is 12.1 Å². The molecule has 0 aliphatic heterocycles.